The first-order chi connectivity index (χ1) is 11.3. The summed E-state index contributed by atoms with van der Waals surface area (Å²) in [6, 6.07) is 3.26. The second-order valence-corrected chi connectivity index (χ2v) is 4.51. The Kier molecular flexibility index (Phi) is 5.16. The molecule has 0 fully saturated rings. The van der Waals surface area contributed by atoms with Crippen molar-refractivity contribution in [2.75, 3.05) is 19.0 Å². The van der Waals surface area contributed by atoms with E-state index in [0.717, 1.165) is 0 Å². The topological polar surface area (TPSA) is 94.0 Å². The van der Waals surface area contributed by atoms with Gasteiger partial charge in [-0.15, -0.1) is 5.10 Å². The summed E-state index contributed by atoms with van der Waals surface area (Å²) < 4.78 is 55.9. The lowest BCUT2D eigenvalue weighted by molar-refractivity contribution is -0.123. The van der Waals surface area contributed by atoms with Gasteiger partial charge in [0.15, 0.2) is 0 Å². The molecule has 0 unspecified atom stereocenters. The van der Waals surface area contributed by atoms with Crippen molar-refractivity contribution in [2.24, 2.45) is 0 Å². The maximum atomic E-state index is 12.8. The molecule has 2 amide bonds. The summed E-state index contributed by atoms with van der Waals surface area (Å²) >= 11 is 0. The van der Waals surface area contributed by atoms with E-state index in [1.165, 1.54) is 36.3 Å². The Labute approximate surface area is 132 Å². The number of ether oxygens (including phenoxy) is 1. The molecule has 8 nitrogen and oxygen atoms in total. The monoisotopic (exact) mass is 348 g/mol. The predicted molar refractivity (Wildman–Crippen MR) is 73.7 cm³/mol. The van der Waals surface area contributed by atoms with E-state index in [0.29, 0.717) is 11.4 Å². The van der Waals surface area contributed by atoms with Gasteiger partial charge in [-0.2, -0.15) is 13.5 Å². The first-order valence-corrected chi connectivity index (χ1v) is 6.45. The number of carbonyl (C=O) groups excluding carboxylic acids is 1. The van der Waals surface area contributed by atoms with Crippen LogP contribution in [-0.2, 0) is 0 Å². The summed E-state index contributed by atoms with van der Waals surface area (Å²) in [7, 11) is 1.41. The molecule has 0 saturated carbocycles. The summed E-state index contributed by atoms with van der Waals surface area (Å²) in [5.41, 5.74) is 0.567. The number of nitrogens with one attached hydrogen (secondary N) is 2. The van der Waals surface area contributed by atoms with Crippen LogP contribution >= 0.6 is 0 Å². The minimum atomic E-state index is -4.31. The number of carbonyl (C=O) groups is 1. The van der Waals surface area contributed by atoms with E-state index in [2.05, 4.69) is 20.8 Å². The van der Waals surface area contributed by atoms with Crippen molar-refractivity contribution in [3.63, 3.8) is 0 Å². The van der Waals surface area contributed by atoms with Crippen molar-refractivity contribution < 1.29 is 27.1 Å². The molecule has 0 bridgehead atoms. The largest absolute Gasteiger partial charge is 0.494 e. The first kappa shape index (κ1) is 17.4. The number of rotatable bonds is 6. The normalized spacial score (nSPS) is 11.4. The van der Waals surface area contributed by atoms with E-state index in [1.54, 1.807) is 5.32 Å². The van der Waals surface area contributed by atoms with Gasteiger partial charge in [0, 0.05) is 5.69 Å². The molecule has 1 aromatic carbocycles. The van der Waals surface area contributed by atoms with Crippen molar-refractivity contribution in [1.29, 1.82) is 0 Å². The molecule has 0 aliphatic heterocycles. The van der Waals surface area contributed by atoms with Gasteiger partial charge >= 0.3 is 18.4 Å². The quantitative estimate of drug-likeness (QED) is 0.775. The number of amides is 2. The van der Waals surface area contributed by atoms with Crippen molar-refractivity contribution in [2.45, 2.75) is 12.3 Å². The van der Waals surface area contributed by atoms with Gasteiger partial charge in [-0.1, -0.05) is 0 Å². The number of benzene rings is 1. The van der Waals surface area contributed by atoms with Crippen LogP contribution in [0.25, 0.3) is 5.69 Å². The van der Waals surface area contributed by atoms with Crippen LogP contribution in [0.15, 0.2) is 24.5 Å². The van der Waals surface area contributed by atoms with E-state index in [4.69, 9.17) is 4.74 Å². The lowest BCUT2D eigenvalue weighted by Gasteiger charge is -2.16. The zero-order valence-corrected chi connectivity index (χ0v) is 12.2. The lowest BCUT2D eigenvalue weighted by atomic mass is 10.2. The fourth-order valence-electron chi connectivity index (χ4n) is 1.67. The highest BCUT2D eigenvalue weighted by Crippen LogP contribution is 2.25. The molecule has 130 valence electrons. The molecular formula is C12H12F4N6O2. The Morgan fingerprint density at radius 1 is 1.42 bits per heavy atom. The second kappa shape index (κ2) is 7.10. The number of anilines is 1. The molecule has 1 aromatic heterocycles. The van der Waals surface area contributed by atoms with Crippen molar-refractivity contribution in [3.05, 3.63) is 24.5 Å². The smallest absolute Gasteiger partial charge is 0.324 e. The van der Waals surface area contributed by atoms with Gasteiger partial charge in [-0.3, -0.25) is 0 Å². The number of alkyl halides is 4. The minimum absolute atomic E-state index is 0.194. The summed E-state index contributed by atoms with van der Waals surface area (Å²) in [4.78, 5) is 11.6. The summed E-state index contributed by atoms with van der Waals surface area (Å²) in [6.07, 6.45) is -2.59. The third-order valence-electron chi connectivity index (χ3n) is 2.84. The number of halogens is 4. The average molecular weight is 348 g/mol. The van der Waals surface area contributed by atoms with Crippen LogP contribution in [0.4, 0.5) is 28.0 Å². The van der Waals surface area contributed by atoms with Crippen LogP contribution in [-0.4, -0.2) is 52.2 Å². The van der Waals surface area contributed by atoms with Gasteiger partial charge in [-0.05, 0) is 28.6 Å². The van der Waals surface area contributed by atoms with Crippen molar-refractivity contribution in [1.82, 2.24) is 25.5 Å². The van der Waals surface area contributed by atoms with Gasteiger partial charge in [0.05, 0.1) is 13.7 Å². The molecule has 0 aliphatic rings. The fraction of sp³-hybridized carbons (Fsp3) is 0.333. The van der Waals surface area contributed by atoms with Crippen molar-refractivity contribution >= 4 is 11.7 Å². The third kappa shape index (κ3) is 4.08. The van der Waals surface area contributed by atoms with E-state index in [1.807, 2.05) is 0 Å². The van der Waals surface area contributed by atoms with Gasteiger partial charge in [0.2, 0.25) is 0 Å². The second-order valence-electron chi connectivity index (χ2n) is 4.51. The Morgan fingerprint density at radius 2 is 2.17 bits per heavy atom. The average Bonchev–Trinajstić information content (AvgIpc) is 3.07. The Bertz CT molecular complexity index is 695. The van der Waals surface area contributed by atoms with Crippen LogP contribution in [0.3, 0.4) is 0 Å². The molecule has 24 heavy (non-hydrogen) atoms. The first-order valence-electron chi connectivity index (χ1n) is 6.45. The minimum Gasteiger partial charge on any atom is -0.494 e. The number of urea groups is 1. The molecule has 0 spiro atoms. The fourth-order valence-corrected chi connectivity index (χ4v) is 1.67. The standard InChI is InChI=1S/C12H12F4N6O2/c1-24-9-3-2-7(4-8(9)22-6-18-20-21-22)19-11(23)17-5-12(15,16)10(13)14/h2-4,6,10H,5H2,1H3,(H2,17,19,23). The molecule has 12 heteroatoms. The van der Waals surface area contributed by atoms with Crippen LogP contribution in [0.5, 0.6) is 5.75 Å². The van der Waals surface area contributed by atoms with Gasteiger partial charge in [0.25, 0.3) is 0 Å². The van der Waals surface area contributed by atoms with E-state index >= 15 is 0 Å². The number of tetrazole rings is 1. The molecule has 1 heterocycles. The van der Waals surface area contributed by atoms with Gasteiger partial charge in [-0.25, -0.2) is 13.6 Å². The summed E-state index contributed by atoms with van der Waals surface area (Å²) in [6.45, 7) is -1.49. The van der Waals surface area contributed by atoms with E-state index in [9.17, 15) is 22.4 Å². The van der Waals surface area contributed by atoms with Crippen LogP contribution in [0, 0.1) is 0 Å². The number of hydrogen-bond acceptors (Lipinski definition) is 5. The van der Waals surface area contributed by atoms with Crippen LogP contribution in [0.1, 0.15) is 0 Å². The van der Waals surface area contributed by atoms with E-state index < -0.39 is 24.9 Å². The van der Waals surface area contributed by atoms with Crippen LogP contribution < -0.4 is 15.4 Å². The molecule has 2 N–H and O–H groups in total. The molecule has 0 atom stereocenters. The highest BCUT2D eigenvalue weighted by Gasteiger charge is 2.40. The molecule has 2 rings (SSSR count). The van der Waals surface area contributed by atoms with E-state index in [-0.39, 0.29) is 5.69 Å². The Hall–Kier alpha value is -2.92. The Morgan fingerprint density at radius 3 is 2.75 bits per heavy atom. The zero-order chi connectivity index (χ0) is 17.7. The van der Waals surface area contributed by atoms with Gasteiger partial charge < -0.3 is 15.4 Å². The summed E-state index contributed by atoms with van der Waals surface area (Å²) in [5, 5.41) is 14.5. The molecule has 0 saturated heterocycles. The maximum absolute atomic E-state index is 12.8. The summed E-state index contributed by atoms with van der Waals surface area (Å²) in [5.74, 6) is -3.92. The van der Waals surface area contributed by atoms with Gasteiger partial charge in [0.1, 0.15) is 17.8 Å². The molecule has 0 radical (unpaired) electrons. The highest BCUT2D eigenvalue weighted by molar-refractivity contribution is 5.89. The molecular weight excluding hydrogens is 336 g/mol. The predicted octanol–water partition coefficient (Wildman–Crippen LogP) is 1.69. The SMILES string of the molecule is COc1ccc(NC(=O)NCC(F)(F)C(F)F)cc1-n1cnnn1. The number of hydrogen-bond donors (Lipinski definition) is 2. The highest BCUT2D eigenvalue weighted by atomic mass is 19.3. The third-order valence-corrected chi connectivity index (χ3v) is 2.84. The number of aromatic nitrogens is 4. The Balaban J connectivity index is 2.08. The zero-order valence-electron chi connectivity index (χ0n) is 12.2. The number of nitrogens with zero attached hydrogens (tertiary/aromatic N) is 4. The maximum Gasteiger partial charge on any atom is 0.324 e. The van der Waals surface area contributed by atoms with Crippen LogP contribution in [0.2, 0.25) is 0 Å². The molecule has 2 aromatic rings. The number of methoxy groups -OCH3 is 1. The van der Waals surface area contributed by atoms with Crippen molar-refractivity contribution in [3.8, 4) is 11.4 Å². The lowest BCUT2D eigenvalue weighted by Crippen LogP contribution is -2.42. The molecule has 0 aliphatic carbocycles.